The number of rotatable bonds is 5. The Balaban J connectivity index is 1.82. The summed E-state index contributed by atoms with van der Waals surface area (Å²) >= 11 is 0. The fourth-order valence-corrected chi connectivity index (χ4v) is 2.92. The molecule has 1 saturated carbocycles. The van der Waals surface area contributed by atoms with Crippen LogP contribution in [0.3, 0.4) is 0 Å². The number of nitrogens with zero attached hydrogens (tertiary/aromatic N) is 1. The fraction of sp³-hybridized carbons (Fsp3) is 0.625. The van der Waals surface area contributed by atoms with Crippen LogP contribution in [0.15, 0.2) is 24.5 Å². The number of carbonyl (C=O) groups is 1. The molecule has 2 rings (SSSR count). The molecule has 0 bridgehead atoms. The van der Waals surface area contributed by atoms with Crippen molar-refractivity contribution in [2.45, 2.75) is 44.2 Å². The van der Waals surface area contributed by atoms with Crippen LogP contribution in [0.1, 0.15) is 43.7 Å². The van der Waals surface area contributed by atoms with E-state index in [2.05, 4.69) is 35.8 Å². The summed E-state index contributed by atoms with van der Waals surface area (Å²) in [6.45, 7) is 0.618. The van der Waals surface area contributed by atoms with Crippen LogP contribution in [-0.4, -0.2) is 37.7 Å². The Kier molecular flexibility index (Phi) is 5.99. The Morgan fingerprint density at radius 3 is 2.76 bits per heavy atom. The van der Waals surface area contributed by atoms with Crippen molar-refractivity contribution in [1.29, 1.82) is 0 Å². The van der Waals surface area contributed by atoms with E-state index < -0.39 is 0 Å². The van der Waals surface area contributed by atoms with Crippen molar-refractivity contribution in [3.05, 3.63) is 30.1 Å². The molecular formula is C16H27N4O+. The van der Waals surface area contributed by atoms with Crippen LogP contribution < -0.4 is 15.5 Å². The molecule has 5 nitrogen and oxygen atoms in total. The molecule has 1 fully saturated rings. The molecule has 21 heavy (non-hydrogen) atoms. The lowest BCUT2D eigenvalue weighted by atomic mass is 9.96. The van der Waals surface area contributed by atoms with Crippen LogP contribution in [-0.2, 0) is 0 Å². The van der Waals surface area contributed by atoms with Gasteiger partial charge in [-0.15, -0.1) is 0 Å². The predicted molar refractivity (Wildman–Crippen MR) is 83.2 cm³/mol. The zero-order valence-electron chi connectivity index (χ0n) is 13.1. The van der Waals surface area contributed by atoms with Crippen LogP contribution in [0.5, 0.6) is 0 Å². The Bertz CT molecular complexity index is 429. The van der Waals surface area contributed by atoms with Crippen molar-refractivity contribution in [2.24, 2.45) is 0 Å². The van der Waals surface area contributed by atoms with Gasteiger partial charge in [0.25, 0.3) is 0 Å². The number of urea groups is 1. The first-order valence-corrected chi connectivity index (χ1v) is 7.91. The van der Waals surface area contributed by atoms with Gasteiger partial charge in [0.1, 0.15) is 6.04 Å². The number of likely N-dealkylation sites (N-methyl/N-ethyl adjacent to an activating group) is 1. The first kappa shape index (κ1) is 15.8. The monoisotopic (exact) mass is 291 g/mol. The molecule has 1 aliphatic rings. The molecule has 2 amide bonds. The number of pyridine rings is 1. The van der Waals surface area contributed by atoms with Gasteiger partial charge in [0, 0.05) is 24.0 Å². The number of hydrogen-bond donors (Lipinski definition) is 3. The van der Waals surface area contributed by atoms with Gasteiger partial charge < -0.3 is 15.5 Å². The molecule has 5 heteroatoms. The molecule has 0 aliphatic heterocycles. The summed E-state index contributed by atoms with van der Waals surface area (Å²) in [6, 6.07) is 4.52. The van der Waals surface area contributed by atoms with Gasteiger partial charge >= 0.3 is 6.03 Å². The van der Waals surface area contributed by atoms with Gasteiger partial charge in [0.2, 0.25) is 0 Å². The smallest absolute Gasteiger partial charge is 0.315 e. The lowest BCUT2D eigenvalue weighted by molar-refractivity contribution is -0.890. The van der Waals surface area contributed by atoms with Crippen LogP contribution in [0.2, 0.25) is 0 Å². The second kappa shape index (κ2) is 7.98. The summed E-state index contributed by atoms with van der Waals surface area (Å²) in [4.78, 5) is 17.5. The highest BCUT2D eigenvalue weighted by atomic mass is 16.2. The lowest BCUT2D eigenvalue weighted by Gasteiger charge is -2.25. The van der Waals surface area contributed by atoms with E-state index in [-0.39, 0.29) is 12.1 Å². The highest BCUT2D eigenvalue weighted by Gasteiger charge is 2.20. The van der Waals surface area contributed by atoms with Gasteiger partial charge in [-0.2, -0.15) is 0 Å². The quantitative estimate of drug-likeness (QED) is 0.755. The second-order valence-corrected chi connectivity index (χ2v) is 6.11. The molecule has 1 heterocycles. The Morgan fingerprint density at radius 2 is 2.14 bits per heavy atom. The molecule has 0 aromatic carbocycles. The van der Waals surface area contributed by atoms with E-state index in [0.717, 1.165) is 18.4 Å². The SMILES string of the molecule is C[NH+](C)C(CNC(=O)NC1CCCCC1)c1cccnc1. The van der Waals surface area contributed by atoms with E-state index in [1.807, 2.05) is 12.3 Å². The van der Waals surface area contributed by atoms with E-state index in [4.69, 9.17) is 0 Å². The van der Waals surface area contributed by atoms with Crippen LogP contribution in [0, 0.1) is 0 Å². The minimum Gasteiger partial charge on any atom is -0.335 e. The topological polar surface area (TPSA) is 58.5 Å². The van der Waals surface area contributed by atoms with Crippen LogP contribution in [0.4, 0.5) is 4.79 Å². The standard InChI is InChI=1S/C16H26N4O/c1-20(2)15(13-7-6-10-17-11-13)12-18-16(21)19-14-8-4-3-5-9-14/h6-7,10-11,14-15H,3-5,8-9,12H2,1-2H3,(H2,18,19,21)/p+1. The van der Waals surface area contributed by atoms with Crippen molar-refractivity contribution in [3.63, 3.8) is 0 Å². The molecule has 116 valence electrons. The number of carbonyl (C=O) groups excluding carboxylic acids is 1. The molecule has 3 N–H and O–H groups in total. The van der Waals surface area contributed by atoms with E-state index >= 15 is 0 Å². The van der Waals surface area contributed by atoms with Crippen LogP contribution in [0.25, 0.3) is 0 Å². The van der Waals surface area contributed by atoms with Crippen molar-refractivity contribution in [2.75, 3.05) is 20.6 Å². The molecule has 1 aromatic rings. The maximum Gasteiger partial charge on any atom is 0.315 e. The average molecular weight is 291 g/mol. The normalized spacial score (nSPS) is 17.5. The summed E-state index contributed by atoms with van der Waals surface area (Å²) < 4.78 is 0. The highest BCUT2D eigenvalue weighted by Crippen LogP contribution is 2.17. The lowest BCUT2D eigenvalue weighted by Crippen LogP contribution is -3.07. The van der Waals surface area contributed by atoms with Crippen molar-refractivity contribution >= 4 is 6.03 Å². The van der Waals surface area contributed by atoms with Crippen LogP contribution >= 0.6 is 0 Å². The number of hydrogen-bond acceptors (Lipinski definition) is 2. The van der Waals surface area contributed by atoms with Gasteiger partial charge in [-0.3, -0.25) is 4.98 Å². The maximum absolute atomic E-state index is 12.0. The van der Waals surface area contributed by atoms with E-state index in [9.17, 15) is 4.79 Å². The van der Waals surface area contributed by atoms with E-state index in [1.165, 1.54) is 24.2 Å². The number of aromatic nitrogens is 1. The zero-order chi connectivity index (χ0) is 15.1. The largest absolute Gasteiger partial charge is 0.335 e. The molecule has 1 aromatic heterocycles. The minimum atomic E-state index is -0.0444. The highest BCUT2D eigenvalue weighted by molar-refractivity contribution is 5.74. The first-order chi connectivity index (χ1) is 10.2. The third-order valence-electron chi connectivity index (χ3n) is 4.19. The number of amides is 2. The average Bonchev–Trinajstić information content (AvgIpc) is 2.49. The summed E-state index contributed by atoms with van der Waals surface area (Å²) in [7, 11) is 4.19. The van der Waals surface area contributed by atoms with Crippen molar-refractivity contribution in [3.8, 4) is 0 Å². The van der Waals surface area contributed by atoms with Gasteiger partial charge in [-0.05, 0) is 25.0 Å². The predicted octanol–water partition coefficient (Wildman–Crippen LogP) is 0.899. The first-order valence-electron chi connectivity index (χ1n) is 7.91. The third-order valence-corrected chi connectivity index (χ3v) is 4.19. The van der Waals surface area contributed by atoms with Crippen molar-refractivity contribution < 1.29 is 9.69 Å². The van der Waals surface area contributed by atoms with Gasteiger partial charge in [-0.1, -0.05) is 19.3 Å². The number of quaternary nitrogens is 1. The Hall–Kier alpha value is -1.62. The summed E-state index contributed by atoms with van der Waals surface area (Å²) in [5.74, 6) is 0. The second-order valence-electron chi connectivity index (χ2n) is 6.11. The fourth-order valence-electron chi connectivity index (χ4n) is 2.92. The van der Waals surface area contributed by atoms with Gasteiger partial charge in [0.15, 0.2) is 0 Å². The maximum atomic E-state index is 12.0. The summed E-state index contributed by atoms with van der Waals surface area (Å²) in [5.41, 5.74) is 1.15. The molecule has 1 aliphatic carbocycles. The van der Waals surface area contributed by atoms with Gasteiger partial charge in [0.05, 0.1) is 20.6 Å². The molecule has 0 saturated heterocycles. The molecular weight excluding hydrogens is 264 g/mol. The van der Waals surface area contributed by atoms with Crippen molar-refractivity contribution in [1.82, 2.24) is 15.6 Å². The number of nitrogens with one attached hydrogen (secondary N) is 3. The molecule has 1 unspecified atom stereocenters. The third kappa shape index (κ3) is 5.01. The zero-order valence-corrected chi connectivity index (χ0v) is 13.1. The molecule has 1 atom stereocenters. The summed E-state index contributed by atoms with van der Waals surface area (Å²) in [6.07, 6.45) is 9.62. The molecule has 0 radical (unpaired) electrons. The Labute approximate surface area is 127 Å². The summed E-state index contributed by atoms with van der Waals surface area (Å²) in [5, 5.41) is 6.10. The minimum absolute atomic E-state index is 0.0444. The Morgan fingerprint density at radius 1 is 1.38 bits per heavy atom. The van der Waals surface area contributed by atoms with E-state index in [0.29, 0.717) is 12.6 Å². The van der Waals surface area contributed by atoms with Gasteiger partial charge in [-0.25, -0.2) is 4.79 Å². The molecule has 0 spiro atoms. The van der Waals surface area contributed by atoms with E-state index in [1.54, 1.807) is 6.20 Å².